The molecule has 0 aromatic heterocycles. The van der Waals surface area contributed by atoms with Gasteiger partial charge in [-0.3, -0.25) is 0 Å². The molecule has 0 aliphatic heterocycles. The molecule has 0 saturated carbocycles. The molecular weight excluding hydrogens is 477 g/mol. The first-order valence-corrected chi connectivity index (χ1v) is 10.0. The molecule has 2 N–H and O–H groups in total. The van der Waals surface area contributed by atoms with Gasteiger partial charge in [0.2, 0.25) is 0 Å². The molecule has 156 valence electrons. The maximum Gasteiger partial charge on any atom is 0.337 e. The average molecular weight is 495 g/mol. The van der Waals surface area contributed by atoms with Crippen molar-refractivity contribution in [2.75, 3.05) is 12.4 Å². The fraction of sp³-hybridized carbons (Fsp3) is 0.136. The van der Waals surface area contributed by atoms with Gasteiger partial charge in [-0.2, -0.15) is 0 Å². The van der Waals surface area contributed by atoms with E-state index in [0.717, 1.165) is 15.6 Å². The van der Waals surface area contributed by atoms with Crippen molar-refractivity contribution in [3.05, 3.63) is 86.6 Å². The van der Waals surface area contributed by atoms with Gasteiger partial charge in [0.15, 0.2) is 11.5 Å². The molecule has 5 nitrogen and oxygen atoms in total. The van der Waals surface area contributed by atoms with Crippen LogP contribution in [-0.4, -0.2) is 18.2 Å². The highest BCUT2D eigenvalue weighted by atomic mass is 79.9. The molecule has 0 unspecified atom stereocenters. The highest BCUT2D eigenvalue weighted by Gasteiger charge is 2.13. The summed E-state index contributed by atoms with van der Waals surface area (Å²) in [7, 11) is 1.55. The van der Waals surface area contributed by atoms with Gasteiger partial charge in [-0.05, 0) is 53.6 Å². The van der Waals surface area contributed by atoms with Crippen LogP contribution in [0.4, 0.5) is 10.1 Å². The monoisotopic (exact) mass is 493 g/mol. The lowest BCUT2D eigenvalue weighted by atomic mass is 10.1. The first-order valence-electron chi connectivity index (χ1n) is 8.87. The molecule has 0 aliphatic carbocycles. The van der Waals surface area contributed by atoms with Crippen LogP contribution in [0.1, 0.15) is 21.5 Å². The summed E-state index contributed by atoms with van der Waals surface area (Å²) in [5.74, 6) is -0.308. The van der Waals surface area contributed by atoms with Crippen molar-refractivity contribution in [3.8, 4) is 11.5 Å². The van der Waals surface area contributed by atoms with Crippen molar-refractivity contribution < 1.29 is 23.8 Å². The van der Waals surface area contributed by atoms with Crippen molar-refractivity contribution >= 4 is 39.2 Å². The van der Waals surface area contributed by atoms with Crippen LogP contribution in [-0.2, 0) is 13.2 Å². The number of halogens is 3. The van der Waals surface area contributed by atoms with E-state index < -0.39 is 5.97 Å². The number of carbonyl (C=O) groups is 1. The van der Waals surface area contributed by atoms with Gasteiger partial charge in [0.1, 0.15) is 12.4 Å². The van der Waals surface area contributed by atoms with Crippen LogP contribution < -0.4 is 14.8 Å². The van der Waals surface area contributed by atoms with Crippen LogP contribution in [0.15, 0.2) is 59.1 Å². The normalized spacial score (nSPS) is 10.5. The number of methoxy groups -OCH3 is 1. The summed E-state index contributed by atoms with van der Waals surface area (Å²) in [6.07, 6.45) is 0. The van der Waals surface area contributed by atoms with Crippen LogP contribution in [0.3, 0.4) is 0 Å². The highest BCUT2D eigenvalue weighted by Crippen LogP contribution is 2.34. The van der Waals surface area contributed by atoms with Gasteiger partial charge in [0.25, 0.3) is 0 Å². The van der Waals surface area contributed by atoms with Crippen molar-refractivity contribution in [1.82, 2.24) is 0 Å². The number of rotatable bonds is 8. The van der Waals surface area contributed by atoms with E-state index >= 15 is 0 Å². The van der Waals surface area contributed by atoms with E-state index in [1.54, 1.807) is 31.4 Å². The van der Waals surface area contributed by atoms with Crippen molar-refractivity contribution in [3.63, 3.8) is 0 Å². The molecular formula is C22H18BrClFNO4. The Bertz CT molecular complexity index is 1060. The van der Waals surface area contributed by atoms with Gasteiger partial charge in [-0.25, -0.2) is 9.18 Å². The predicted molar refractivity (Wildman–Crippen MR) is 117 cm³/mol. The number of ether oxygens (including phenoxy) is 2. The Morgan fingerprint density at radius 1 is 1.13 bits per heavy atom. The summed E-state index contributed by atoms with van der Waals surface area (Å²) in [6.45, 7) is 0.680. The minimum atomic E-state index is -1.09. The Kier molecular flexibility index (Phi) is 7.18. The number of hydrogen-bond acceptors (Lipinski definition) is 4. The van der Waals surface area contributed by atoms with Crippen LogP contribution in [0.25, 0.3) is 0 Å². The molecule has 3 aromatic rings. The molecule has 0 spiro atoms. The number of hydrogen-bond donors (Lipinski definition) is 2. The first-order chi connectivity index (χ1) is 14.4. The Morgan fingerprint density at radius 3 is 2.53 bits per heavy atom. The fourth-order valence-corrected chi connectivity index (χ4v) is 3.38. The number of nitrogens with one attached hydrogen (secondary N) is 1. The predicted octanol–water partition coefficient (Wildman–Crippen LogP) is 6.14. The Labute approximate surface area is 186 Å². The lowest BCUT2D eigenvalue weighted by Gasteiger charge is -2.15. The molecule has 0 atom stereocenters. The lowest BCUT2D eigenvalue weighted by Crippen LogP contribution is -2.04. The third kappa shape index (κ3) is 5.43. The lowest BCUT2D eigenvalue weighted by molar-refractivity contribution is 0.0697. The number of aromatic carboxylic acids is 1. The van der Waals surface area contributed by atoms with E-state index in [0.29, 0.717) is 23.7 Å². The maximum atomic E-state index is 13.0. The summed E-state index contributed by atoms with van der Waals surface area (Å²) in [4.78, 5) is 11.2. The highest BCUT2D eigenvalue weighted by molar-refractivity contribution is 9.10. The van der Waals surface area contributed by atoms with Crippen molar-refractivity contribution in [1.29, 1.82) is 0 Å². The minimum absolute atomic E-state index is 0.0304. The van der Waals surface area contributed by atoms with Crippen LogP contribution in [0.2, 0.25) is 5.02 Å². The maximum absolute atomic E-state index is 13.0. The number of benzene rings is 3. The summed E-state index contributed by atoms with van der Waals surface area (Å²) in [6, 6.07) is 14.4. The number of carboxylic acid groups (broad SMARTS) is 1. The second-order valence-corrected chi connectivity index (χ2v) is 7.62. The smallest absolute Gasteiger partial charge is 0.337 e. The third-order valence-electron chi connectivity index (χ3n) is 4.32. The molecule has 3 aromatic carbocycles. The van der Waals surface area contributed by atoms with Crippen molar-refractivity contribution in [2.24, 2.45) is 0 Å². The summed E-state index contributed by atoms with van der Waals surface area (Å²) in [5.41, 5.74) is 2.37. The molecule has 30 heavy (non-hydrogen) atoms. The molecule has 0 amide bonds. The Hall–Kier alpha value is -2.77. The molecule has 0 heterocycles. The van der Waals surface area contributed by atoms with Gasteiger partial charge in [-0.15, -0.1) is 0 Å². The van der Waals surface area contributed by atoms with Gasteiger partial charge in [0.05, 0.1) is 17.7 Å². The summed E-state index contributed by atoms with van der Waals surface area (Å²) >= 11 is 9.44. The van der Waals surface area contributed by atoms with E-state index in [-0.39, 0.29) is 23.0 Å². The Balaban J connectivity index is 1.72. The molecule has 0 aliphatic rings. The summed E-state index contributed by atoms with van der Waals surface area (Å²) < 4.78 is 25.1. The van der Waals surface area contributed by atoms with E-state index in [1.165, 1.54) is 24.3 Å². The van der Waals surface area contributed by atoms with Crippen LogP contribution in [0, 0.1) is 5.82 Å². The fourth-order valence-electron chi connectivity index (χ4n) is 2.72. The van der Waals surface area contributed by atoms with Crippen LogP contribution >= 0.6 is 27.5 Å². The zero-order valence-corrected chi connectivity index (χ0v) is 18.3. The van der Waals surface area contributed by atoms with E-state index in [4.69, 9.17) is 21.1 Å². The van der Waals surface area contributed by atoms with Gasteiger partial charge in [-0.1, -0.05) is 39.7 Å². The van der Waals surface area contributed by atoms with Gasteiger partial charge < -0.3 is 19.9 Å². The van der Waals surface area contributed by atoms with Gasteiger partial charge in [0, 0.05) is 16.7 Å². The third-order valence-corrected chi connectivity index (χ3v) is 5.39. The Morgan fingerprint density at radius 2 is 1.87 bits per heavy atom. The standard InChI is InChI=1S/C22H18BrClFNO4/c1-29-20-8-14(11-26-16-6-7-19(24)17(9-16)22(27)28)18(23)10-21(20)30-12-13-2-4-15(25)5-3-13/h2-10,26H,11-12H2,1H3,(H,27,28). The quantitative estimate of drug-likeness (QED) is 0.394. The number of anilines is 1. The van der Waals surface area contributed by atoms with E-state index in [1.807, 2.05) is 6.07 Å². The molecule has 3 rings (SSSR count). The SMILES string of the molecule is COc1cc(CNc2ccc(Cl)c(C(=O)O)c2)c(Br)cc1OCc1ccc(F)cc1. The molecule has 0 bridgehead atoms. The first kappa shape index (κ1) is 21.9. The minimum Gasteiger partial charge on any atom is -0.493 e. The van der Waals surface area contributed by atoms with E-state index in [9.17, 15) is 14.3 Å². The zero-order valence-electron chi connectivity index (χ0n) is 15.9. The zero-order chi connectivity index (χ0) is 21.7. The van der Waals surface area contributed by atoms with Gasteiger partial charge >= 0.3 is 5.97 Å². The molecule has 0 fully saturated rings. The largest absolute Gasteiger partial charge is 0.493 e. The number of carboxylic acids is 1. The second kappa shape index (κ2) is 9.82. The van der Waals surface area contributed by atoms with Crippen molar-refractivity contribution in [2.45, 2.75) is 13.2 Å². The second-order valence-electron chi connectivity index (χ2n) is 6.36. The van der Waals surface area contributed by atoms with E-state index in [2.05, 4.69) is 21.2 Å². The summed E-state index contributed by atoms with van der Waals surface area (Å²) in [5, 5.41) is 12.5. The average Bonchev–Trinajstić information content (AvgIpc) is 2.73. The molecule has 0 radical (unpaired) electrons. The van der Waals surface area contributed by atoms with Crippen LogP contribution in [0.5, 0.6) is 11.5 Å². The molecule has 0 saturated heterocycles. The topological polar surface area (TPSA) is 67.8 Å². The molecule has 8 heteroatoms.